The second kappa shape index (κ2) is 10.9. The molecular weight excluding hydrogens is 552 g/mol. The number of hydrogen-bond acceptors (Lipinski definition) is 0. The van der Waals surface area contributed by atoms with Gasteiger partial charge in [-0.2, -0.15) is 0 Å². The Balaban J connectivity index is -0.000000144. The predicted octanol–water partition coefficient (Wildman–Crippen LogP) is 6.92. The summed E-state index contributed by atoms with van der Waals surface area (Å²) in [5.41, 5.74) is 0. The van der Waals surface area contributed by atoms with Crippen LogP contribution in [0, 0.1) is 0 Å². The Kier molecular flexibility index (Phi) is 17.7. The molecule has 0 aromatic rings. The first kappa shape index (κ1) is 24.2. The first-order chi connectivity index (χ1) is 6.00. The van der Waals surface area contributed by atoms with E-state index >= 15 is 0 Å². The molecule has 0 aliphatic carbocycles. The molecule has 0 aromatic heterocycles. The zero-order chi connectivity index (χ0) is 13.5. The van der Waals surface area contributed by atoms with E-state index in [4.69, 9.17) is 103 Å². The Labute approximate surface area is 139 Å². The molecule has 13 heteroatoms. The molecule has 0 bridgehead atoms. The minimum atomic E-state index is -3.11. The van der Waals surface area contributed by atoms with Crippen LogP contribution in [0.4, 0.5) is 0 Å². The van der Waals surface area contributed by atoms with Gasteiger partial charge in [-0.1, -0.05) is 0 Å². The molecule has 0 aliphatic heterocycles. The average Bonchev–Trinajstić information content (AvgIpc) is 1.41. The van der Waals surface area contributed by atoms with Crippen molar-refractivity contribution in [1.29, 1.82) is 0 Å². The van der Waals surface area contributed by atoms with Gasteiger partial charge in [0.1, 0.15) is 0 Å². The summed E-state index contributed by atoms with van der Waals surface area (Å²) in [6.07, 6.45) is 0. The molecule has 0 amide bonds. The fraction of sp³-hybridized carbons (Fsp3) is 1.00. The van der Waals surface area contributed by atoms with Crippen LogP contribution in [0.2, 0.25) is 12.3 Å². The Morgan fingerprint density at radius 3 is 0.733 bits per heavy atom. The summed E-state index contributed by atoms with van der Waals surface area (Å²) in [6.45, 7) is 1.62. The molecule has 0 rings (SSSR count). The van der Waals surface area contributed by atoms with Gasteiger partial charge in [0.15, 0.2) is 0 Å². The summed E-state index contributed by atoms with van der Waals surface area (Å²) in [6, 6.07) is -2.19. The van der Waals surface area contributed by atoms with E-state index in [1.807, 2.05) is 0 Å². The second-order valence-corrected chi connectivity index (χ2v) is 49.8. The molecule has 0 N–H and O–H groups in total. The second-order valence-electron chi connectivity index (χ2n) is 1.99. The molecule has 0 atom stereocenters. The predicted molar refractivity (Wildman–Crippen MR) is 87.5 cm³/mol. The van der Waals surface area contributed by atoms with Crippen molar-refractivity contribution in [1.82, 2.24) is 0 Å². The summed E-state index contributed by atoms with van der Waals surface area (Å²) in [5, 5.41) is 0. The van der Waals surface area contributed by atoms with Gasteiger partial charge in [-0.25, -0.2) is 0 Å². The molecule has 0 radical (unpaired) electrons. The van der Waals surface area contributed by atoms with Gasteiger partial charge >= 0.3 is 102 Å². The molecule has 0 spiro atoms. The van der Waals surface area contributed by atoms with Crippen LogP contribution in [0.15, 0.2) is 0 Å². The summed E-state index contributed by atoms with van der Waals surface area (Å²) in [7, 11) is 30.1. The monoisotopic (exact) mass is 556 g/mol. The van der Waals surface area contributed by atoms with E-state index in [0.717, 1.165) is 0 Å². The fourth-order valence-electron chi connectivity index (χ4n) is 0. The van der Waals surface area contributed by atoms with Crippen LogP contribution >= 0.6 is 103 Å². The Hall–Kier alpha value is 4.20. The van der Waals surface area contributed by atoms with Crippen LogP contribution in [-0.4, -0.2) is 26.0 Å². The molecule has 0 heterocycles. The molecular formula is C2H6Cl10Ge2Si. The minimum absolute atomic E-state index is 1.62. The third-order valence-corrected chi connectivity index (χ3v) is 0. The van der Waals surface area contributed by atoms with E-state index in [1.165, 1.54) is 0 Å². The van der Waals surface area contributed by atoms with Crippen molar-refractivity contribution in [2.75, 3.05) is 0 Å². The topological polar surface area (TPSA) is 0 Å². The van der Waals surface area contributed by atoms with Crippen LogP contribution in [0.1, 0.15) is 0 Å². The van der Waals surface area contributed by atoms with Crippen molar-refractivity contribution in [3.63, 3.8) is 0 Å². The zero-order valence-corrected chi connectivity index (χ0v) is 20.0. The standard InChI is InChI=1S/CH3Cl3Ge.CH3Cl3Si.Cl4Ge/c3*1-5(2,3)4/h2*1H3;. The van der Waals surface area contributed by atoms with E-state index in [-0.39, 0.29) is 0 Å². The van der Waals surface area contributed by atoms with E-state index < -0.39 is 26.0 Å². The molecule has 0 fully saturated rings. The summed E-state index contributed by atoms with van der Waals surface area (Å²) >= 11 is 15.6. The Bertz CT molecular complexity index is 96.4. The first-order valence-corrected chi connectivity index (χ1v) is 29.8. The summed E-state index contributed by atoms with van der Waals surface area (Å²) in [5.74, 6) is 1.67. The molecule has 0 unspecified atom stereocenters. The quantitative estimate of drug-likeness (QED) is 0.224. The van der Waals surface area contributed by atoms with Crippen molar-refractivity contribution in [3.8, 4) is 0 Å². The van der Waals surface area contributed by atoms with Gasteiger partial charge in [-0.05, 0) is 6.55 Å². The number of hydrogen-bond donors (Lipinski definition) is 0. The Morgan fingerprint density at radius 1 is 0.733 bits per heavy atom. The zero-order valence-electron chi connectivity index (χ0n) is 7.28. The van der Waals surface area contributed by atoms with Crippen molar-refractivity contribution in [2.45, 2.75) is 12.3 Å². The van der Waals surface area contributed by atoms with Gasteiger partial charge in [-0.3, -0.25) is 0 Å². The normalized spacial score (nSPS) is 12.0. The third-order valence-electron chi connectivity index (χ3n) is 0. The van der Waals surface area contributed by atoms with Gasteiger partial charge in [0.05, 0.1) is 0 Å². The average molecular weight is 558 g/mol. The maximum absolute atomic E-state index is 5.25. The Morgan fingerprint density at radius 2 is 0.733 bits per heavy atom. The molecule has 0 saturated heterocycles. The molecule has 0 saturated carbocycles. The van der Waals surface area contributed by atoms with E-state index in [0.29, 0.717) is 0 Å². The van der Waals surface area contributed by atoms with Gasteiger partial charge < -0.3 is 0 Å². The van der Waals surface area contributed by atoms with E-state index in [1.54, 1.807) is 12.3 Å². The van der Waals surface area contributed by atoms with Gasteiger partial charge in [0.2, 0.25) is 0 Å². The SMILES string of the molecule is C[Si](Cl)(Cl)Cl.[CH3][Ge]([Cl])([Cl])[Cl].[Cl][Ge]([Cl])([Cl])[Cl]. The van der Waals surface area contributed by atoms with Gasteiger partial charge in [0, 0.05) is 0 Å². The van der Waals surface area contributed by atoms with E-state index in [9.17, 15) is 0 Å². The van der Waals surface area contributed by atoms with Crippen LogP contribution < -0.4 is 0 Å². The third kappa shape index (κ3) is 271. The van der Waals surface area contributed by atoms with Crippen molar-refractivity contribution >= 4 is 129 Å². The van der Waals surface area contributed by atoms with E-state index in [2.05, 4.69) is 0 Å². The fourth-order valence-corrected chi connectivity index (χ4v) is 0. The van der Waals surface area contributed by atoms with Crippen LogP contribution in [0.25, 0.3) is 0 Å². The van der Waals surface area contributed by atoms with Crippen molar-refractivity contribution in [3.05, 3.63) is 0 Å². The van der Waals surface area contributed by atoms with Crippen LogP contribution in [0.5, 0.6) is 0 Å². The van der Waals surface area contributed by atoms with Gasteiger partial charge in [0.25, 0.3) is 0 Å². The van der Waals surface area contributed by atoms with Gasteiger partial charge in [-0.15, -0.1) is 33.2 Å². The molecule has 0 aromatic carbocycles. The van der Waals surface area contributed by atoms with Crippen molar-refractivity contribution in [2.24, 2.45) is 0 Å². The summed E-state index contributed by atoms with van der Waals surface area (Å²) < 4.78 is 0. The molecule has 0 aliphatic rings. The molecule has 96 valence electrons. The van der Waals surface area contributed by atoms with Crippen LogP contribution in [0.3, 0.4) is 0 Å². The molecule has 0 nitrogen and oxygen atoms in total. The summed E-state index contributed by atoms with van der Waals surface area (Å²) in [4.78, 5) is 0. The first-order valence-electron chi connectivity index (χ1n) is 2.89. The molecule has 15 heavy (non-hydrogen) atoms. The number of rotatable bonds is 0. The van der Waals surface area contributed by atoms with Crippen LogP contribution in [-0.2, 0) is 0 Å². The maximum atomic E-state index is 5.25. The van der Waals surface area contributed by atoms with Crippen molar-refractivity contribution < 1.29 is 0 Å². The number of halogens is 10.